The SMILES string of the molecule is CCOC(CCN1CCN(C)C(C)C1)C(=O)O. The lowest BCUT2D eigenvalue weighted by Gasteiger charge is -2.37. The van der Waals surface area contributed by atoms with Gasteiger partial charge in [-0.1, -0.05) is 0 Å². The largest absolute Gasteiger partial charge is 0.479 e. The van der Waals surface area contributed by atoms with Gasteiger partial charge in [-0.3, -0.25) is 0 Å². The summed E-state index contributed by atoms with van der Waals surface area (Å²) >= 11 is 0. The zero-order valence-corrected chi connectivity index (χ0v) is 11.1. The zero-order valence-electron chi connectivity index (χ0n) is 11.1. The van der Waals surface area contributed by atoms with E-state index in [0.717, 1.165) is 26.2 Å². The summed E-state index contributed by atoms with van der Waals surface area (Å²) in [6.45, 7) is 8.35. The van der Waals surface area contributed by atoms with Crippen LogP contribution in [0.1, 0.15) is 20.3 Å². The van der Waals surface area contributed by atoms with Crippen molar-refractivity contribution in [2.75, 3.05) is 39.8 Å². The van der Waals surface area contributed by atoms with Crippen LogP contribution in [0.4, 0.5) is 0 Å². The number of carboxylic acids is 1. The van der Waals surface area contributed by atoms with Gasteiger partial charge in [-0.25, -0.2) is 4.79 Å². The lowest BCUT2D eigenvalue weighted by atomic mass is 10.1. The summed E-state index contributed by atoms with van der Waals surface area (Å²) in [6, 6.07) is 0.541. The van der Waals surface area contributed by atoms with E-state index in [1.165, 1.54) is 0 Å². The second-order valence-electron chi connectivity index (χ2n) is 4.70. The van der Waals surface area contributed by atoms with Crippen LogP contribution in [0.25, 0.3) is 0 Å². The molecule has 0 aromatic heterocycles. The topological polar surface area (TPSA) is 53.0 Å². The lowest BCUT2D eigenvalue weighted by Crippen LogP contribution is -2.50. The van der Waals surface area contributed by atoms with Gasteiger partial charge in [0.2, 0.25) is 0 Å². The maximum Gasteiger partial charge on any atom is 0.332 e. The van der Waals surface area contributed by atoms with E-state index in [-0.39, 0.29) is 0 Å². The monoisotopic (exact) mass is 244 g/mol. The average Bonchev–Trinajstić information content (AvgIpc) is 2.28. The number of carboxylic acid groups (broad SMARTS) is 1. The number of piperazine rings is 1. The zero-order chi connectivity index (χ0) is 12.8. The Morgan fingerprint density at radius 1 is 1.53 bits per heavy atom. The molecule has 17 heavy (non-hydrogen) atoms. The third kappa shape index (κ3) is 4.61. The number of aliphatic carboxylic acids is 1. The van der Waals surface area contributed by atoms with Gasteiger partial charge in [0.15, 0.2) is 6.10 Å². The van der Waals surface area contributed by atoms with Crippen LogP contribution in [0.5, 0.6) is 0 Å². The van der Waals surface area contributed by atoms with Gasteiger partial charge in [0.1, 0.15) is 0 Å². The van der Waals surface area contributed by atoms with E-state index in [4.69, 9.17) is 9.84 Å². The Morgan fingerprint density at radius 2 is 2.24 bits per heavy atom. The summed E-state index contributed by atoms with van der Waals surface area (Å²) in [5.74, 6) is -0.853. The minimum atomic E-state index is -0.853. The first-order chi connectivity index (χ1) is 8.04. The molecule has 0 aromatic rings. The third-order valence-corrected chi connectivity index (χ3v) is 3.39. The van der Waals surface area contributed by atoms with Crippen LogP contribution in [0, 0.1) is 0 Å². The number of likely N-dealkylation sites (N-methyl/N-ethyl adjacent to an activating group) is 1. The first-order valence-electron chi connectivity index (χ1n) is 6.31. The number of hydrogen-bond acceptors (Lipinski definition) is 4. The summed E-state index contributed by atoms with van der Waals surface area (Å²) in [5.41, 5.74) is 0. The van der Waals surface area contributed by atoms with Crippen LogP contribution in [0.2, 0.25) is 0 Å². The molecule has 0 saturated carbocycles. The molecule has 2 atom stereocenters. The van der Waals surface area contributed by atoms with E-state index in [9.17, 15) is 4.79 Å². The van der Waals surface area contributed by atoms with Gasteiger partial charge in [-0.15, -0.1) is 0 Å². The van der Waals surface area contributed by atoms with Crippen molar-refractivity contribution >= 4 is 5.97 Å². The van der Waals surface area contributed by atoms with E-state index in [0.29, 0.717) is 19.1 Å². The maximum absolute atomic E-state index is 10.9. The Balaban J connectivity index is 2.31. The van der Waals surface area contributed by atoms with Gasteiger partial charge in [0, 0.05) is 38.8 Å². The minimum Gasteiger partial charge on any atom is -0.479 e. The summed E-state index contributed by atoms with van der Waals surface area (Å²) < 4.78 is 5.21. The fourth-order valence-electron chi connectivity index (χ4n) is 2.11. The quantitative estimate of drug-likeness (QED) is 0.737. The molecule has 0 radical (unpaired) electrons. The molecule has 0 bridgehead atoms. The van der Waals surface area contributed by atoms with Gasteiger partial charge in [-0.2, -0.15) is 0 Å². The van der Waals surface area contributed by atoms with Gasteiger partial charge in [-0.05, 0) is 27.3 Å². The minimum absolute atomic E-state index is 0.454. The first-order valence-corrected chi connectivity index (χ1v) is 6.31. The summed E-state index contributed by atoms with van der Waals surface area (Å²) in [7, 11) is 2.13. The highest BCUT2D eigenvalue weighted by molar-refractivity contribution is 5.72. The number of nitrogens with zero attached hydrogens (tertiary/aromatic N) is 2. The van der Waals surface area contributed by atoms with E-state index < -0.39 is 12.1 Å². The van der Waals surface area contributed by atoms with E-state index >= 15 is 0 Å². The van der Waals surface area contributed by atoms with Crippen molar-refractivity contribution in [3.8, 4) is 0 Å². The molecule has 1 N–H and O–H groups in total. The van der Waals surface area contributed by atoms with Crippen molar-refractivity contribution in [3.63, 3.8) is 0 Å². The number of ether oxygens (including phenoxy) is 1. The van der Waals surface area contributed by atoms with Crippen LogP contribution >= 0.6 is 0 Å². The van der Waals surface area contributed by atoms with Crippen molar-refractivity contribution in [2.45, 2.75) is 32.4 Å². The van der Waals surface area contributed by atoms with Crippen LogP contribution in [0.15, 0.2) is 0 Å². The maximum atomic E-state index is 10.9. The highest BCUT2D eigenvalue weighted by Crippen LogP contribution is 2.09. The van der Waals surface area contributed by atoms with Crippen LogP contribution in [-0.4, -0.2) is 72.9 Å². The number of hydrogen-bond donors (Lipinski definition) is 1. The fourth-order valence-corrected chi connectivity index (χ4v) is 2.11. The van der Waals surface area contributed by atoms with Gasteiger partial charge >= 0.3 is 5.97 Å². The Hall–Kier alpha value is -0.650. The molecule has 1 aliphatic rings. The molecule has 2 unspecified atom stereocenters. The Labute approximate surface area is 103 Å². The van der Waals surface area contributed by atoms with Crippen molar-refractivity contribution in [1.29, 1.82) is 0 Å². The molecule has 0 aromatic carbocycles. The third-order valence-electron chi connectivity index (χ3n) is 3.39. The molecule has 0 amide bonds. The molecule has 1 heterocycles. The molecule has 0 aliphatic carbocycles. The van der Waals surface area contributed by atoms with Crippen LogP contribution < -0.4 is 0 Å². The Kier molecular flexibility index (Phi) is 5.88. The first kappa shape index (κ1) is 14.4. The van der Waals surface area contributed by atoms with Gasteiger partial charge in [0.25, 0.3) is 0 Å². The molecule has 0 spiro atoms. The average molecular weight is 244 g/mol. The Morgan fingerprint density at radius 3 is 2.76 bits per heavy atom. The van der Waals surface area contributed by atoms with Crippen molar-refractivity contribution in [1.82, 2.24) is 9.80 Å². The Bertz CT molecular complexity index is 248. The molecule has 5 nitrogen and oxygen atoms in total. The summed E-state index contributed by atoms with van der Waals surface area (Å²) in [6.07, 6.45) is -0.0884. The molecule has 1 fully saturated rings. The van der Waals surface area contributed by atoms with Crippen molar-refractivity contribution < 1.29 is 14.6 Å². The van der Waals surface area contributed by atoms with E-state index in [1.54, 1.807) is 0 Å². The lowest BCUT2D eigenvalue weighted by molar-refractivity contribution is -0.150. The summed E-state index contributed by atoms with van der Waals surface area (Å²) in [4.78, 5) is 15.6. The van der Waals surface area contributed by atoms with Crippen LogP contribution in [0.3, 0.4) is 0 Å². The molecule has 1 rings (SSSR count). The van der Waals surface area contributed by atoms with Gasteiger partial charge in [0.05, 0.1) is 0 Å². The smallest absolute Gasteiger partial charge is 0.332 e. The van der Waals surface area contributed by atoms with E-state index in [1.807, 2.05) is 6.92 Å². The number of carbonyl (C=O) groups is 1. The highest BCUT2D eigenvalue weighted by Gasteiger charge is 2.23. The van der Waals surface area contributed by atoms with Gasteiger partial charge < -0.3 is 19.6 Å². The van der Waals surface area contributed by atoms with E-state index in [2.05, 4.69) is 23.8 Å². The highest BCUT2D eigenvalue weighted by atomic mass is 16.5. The van der Waals surface area contributed by atoms with Crippen molar-refractivity contribution in [3.05, 3.63) is 0 Å². The fraction of sp³-hybridized carbons (Fsp3) is 0.917. The standard InChI is InChI=1S/C12H24N2O3/c1-4-17-11(12(15)16)5-6-14-8-7-13(3)10(2)9-14/h10-11H,4-9H2,1-3H3,(H,15,16). The second-order valence-corrected chi connectivity index (χ2v) is 4.70. The molecule has 1 aliphatic heterocycles. The normalized spacial score (nSPS) is 24.8. The predicted molar refractivity (Wildman–Crippen MR) is 66.2 cm³/mol. The molecular weight excluding hydrogens is 220 g/mol. The molecule has 1 saturated heterocycles. The predicted octanol–water partition coefficient (Wildman–Crippen LogP) is 0.502. The summed E-state index contributed by atoms with van der Waals surface area (Å²) in [5, 5.41) is 8.98. The van der Waals surface area contributed by atoms with Crippen molar-refractivity contribution in [2.24, 2.45) is 0 Å². The molecular formula is C12H24N2O3. The molecule has 100 valence electrons. The molecule has 5 heteroatoms. The number of rotatable bonds is 6. The van der Waals surface area contributed by atoms with Crippen LogP contribution in [-0.2, 0) is 9.53 Å². The second kappa shape index (κ2) is 6.93.